The topological polar surface area (TPSA) is 47.7 Å². The molecule has 2 aromatic rings. The van der Waals surface area contributed by atoms with E-state index in [2.05, 4.69) is 43.9 Å². The summed E-state index contributed by atoms with van der Waals surface area (Å²) < 4.78 is 11.9. The summed E-state index contributed by atoms with van der Waals surface area (Å²) in [7, 11) is 0. The van der Waals surface area contributed by atoms with Crippen molar-refractivity contribution in [2.24, 2.45) is 0 Å². The first-order valence-electron chi connectivity index (χ1n) is 8.96. The molecule has 2 aromatic carbocycles. The monoisotopic (exact) mass is 340 g/mol. The second kappa shape index (κ2) is 7.26. The highest BCUT2D eigenvalue weighted by Gasteiger charge is 2.31. The molecule has 25 heavy (non-hydrogen) atoms. The number of nitrogens with two attached hydrogens (primary N) is 1. The normalized spacial score (nSPS) is 15.4. The lowest BCUT2D eigenvalue weighted by molar-refractivity contribution is 0.105. The Balaban J connectivity index is 1.52. The number of fused-ring (bicyclic) bond motifs is 1. The number of hydrogen-bond donors (Lipinski definition) is 1. The Morgan fingerprint density at radius 3 is 2.64 bits per heavy atom. The Hall–Kier alpha value is -2.36. The van der Waals surface area contributed by atoms with Gasteiger partial charge in [-0.3, -0.25) is 0 Å². The van der Waals surface area contributed by atoms with Crippen molar-refractivity contribution in [3.63, 3.8) is 0 Å². The largest absolute Gasteiger partial charge is 0.494 e. The molecule has 0 aliphatic carbocycles. The number of anilines is 2. The van der Waals surface area contributed by atoms with Crippen LogP contribution in [0, 0.1) is 6.92 Å². The molecule has 1 aliphatic heterocycles. The molecule has 4 nitrogen and oxygen atoms in total. The minimum absolute atomic E-state index is 0.209. The third kappa shape index (κ3) is 4.59. The summed E-state index contributed by atoms with van der Waals surface area (Å²) >= 11 is 0. The van der Waals surface area contributed by atoms with Crippen LogP contribution in [0.1, 0.15) is 32.3 Å². The third-order valence-electron chi connectivity index (χ3n) is 4.39. The van der Waals surface area contributed by atoms with Gasteiger partial charge in [-0.05, 0) is 57.9 Å². The van der Waals surface area contributed by atoms with Crippen molar-refractivity contribution >= 4 is 11.4 Å². The van der Waals surface area contributed by atoms with Gasteiger partial charge in [0.05, 0.1) is 18.8 Å². The van der Waals surface area contributed by atoms with Crippen molar-refractivity contribution in [2.75, 3.05) is 30.3 Å². The van der Waals surface area contributed by atoms with Gasteiger partial charge >= 0.3 is 0 Å². The highest BCUT2D eigenvalue weighted by atomic mass is 16.5. The molecule has 0 atom stereocenters. The Morgan fingerprint density at radius 2 is 1.88 bits per heavy atom. The molecule has 0 spiro atoms. The fraction of sp³-hybridized carbons (Fsp3) is 0.429. The predicted octanol–water partition coefficient (Wildman–Crippen LogP) is 4.41. The summed E-state index contributed by atoms with van der Waals surface area (Å²) in [5, 5.41) is 0. The van der Waals surface area contributed by atoms with E-state index in [0.717, 1.165) is 55.4 Å². The number of nitrogen functional groups attached to an aromatic ring is 1. The minimum Gasteiger partial charge on any atom is -0.494 e. The highest BCUT2D eigenvalue weighted by molar-refractivity contribution is 5.65. The van der Waals surface area contributed by atoms with Gasteiger partial charge in [-0.15, -0.1) is 0 Å². The smallest absolute Gasteiger partial charge is 0.145 e. The maximum atomic E-state index is 6.08. The van der Waals surface area contributed by atoms with Gasteiger partial charge in [0.25, 0.3) is 0 Å². The summed E-state index contributed by atoms with van der Waals surface area (Å²) in [5.74, 6) is 1.83. The molecule has 3 rings (SSSR count). The summed E-state index contributed by atoms with van der Waals surface area (Å²) in [6.45, 7) is 8.92. The van der Waals surface area contributed by atoms with Crippen LogP contribution in [0.2, 0.25) is 0 Å². The molecule has 0 aromatic heterocycles. The van der Waals surface area contributed by atoms with Gasteiger partial charge in [0.1, 0.15) is 17.1 Å². The lowest BCUT2D eigenvalue weighted by atomic mass is 10.0. The molecule has 0 fully saturated rings. The van der Waals surface area contributed by atoms with Gasteiger partial charge in [-0.25, -0.2) is 0 Å². The number of unbranched alkanes of at least 4 members (excludes halogenated alkanes) is 1. The molecule has 0 saturated carbocycles. The van der Waals surface area contributed by atoms with Crippen molar-refractivity contribution < 1.29 is 9.47 Å². The van der Waals surface area contributed by atoms with Crippen molar-refractivity contribution in [3.05, 3.63) is 48.0 Å². The summed E-state index contributed by atoms with van der Waals surface area (Å²) in [5.41, 5.74) is 8.82. The van der Waals surface area contributed by atoms with Gasteiger partial charge in [-0.2, -0.15) is 0 Å². The van der Waals surface area contributed by atoms with Gasteiger partial charge < -0.3 is 20.1 Å². The fourth-order valence-corrected chi connectivity index (χ4v) is 3.18. The van der Waals surface area contributed by atoms with Crippen LogP contribution in [0.15, 0.2) is 42.5 Å². The van der Waals surface area contributed by atoms with E-state index >= 15 is 0 Å². The molecule has 4 heteroatoms. The number of nitrogens with zero attached hydrogens (tertiary/aromatic N) is 1. The van der Waals surface area contributed by atoms with E-state index in [4.69, 9.17) is 15.2 Å². The Labute approximate surface area is 150 Å². The molecule has 0 radical (unpaired) electrons. The van der Waals surface area contributed by atoms with E-state index in [1.54, 1.807) is 0 Å². The van der Waals surface area contributed by atoms with E-state index in [0.29, 0.717) is 0 Å². The number of rotatable bonds is 6. The number of hydrogen-bond acceptors (Lipinski definition) is 4. The SMILES string of the molecule is Cc1ccc(OCCCCN2CC(C)(C)Oc3cc(N)ccc32)cc1. The van der Waals surface area contributed by atoms with E-state index < -0.39 is 0 Å². The lowest BCUT2D eigenvalue weighted by Crippen LogP contribution is -2.47. The zero-order chi connectivity index (χ0) is 17.9. The molecule has 0 amide bonds. The molecule has 134 valence electrons. The van der Waals surface area contributed by atoms with Crippen LogP contribution >= 0.6 is 0 Å². The standard InChI is InChI=1S/C21H28N2O2/c1-16-6-9-18(10-7-16)24-13-5-4-12-23-15-21(2,3)25-20-14-17(22)8-11-19(20)23/h6-11,14H,4-5,12-13,15,22H2,1-3H3. The van der Waals surface area contributed by atoms with E-state index in [1.165, 1.54) is 5.56 Å². The molecular weight excluding hydrogens is 312 g/mol. The average molecular weight is 340 g/mol. The molecule has 0 saturated heterocycles. The van der Waals surface area contributed by atoms with Crippen LogP contribution in [-0.2, 0) is 0 Å². The first kappa shape index (κ1) is 17.5. The van der Waals surface area contributed by atoms with Crippen molar-refractivity contribution in [1.82, 2.24) is 0 Å². The highest BCUT2D eigenvalue weighted by Crippen LogP contribution is 2.38. The maximum absolute atomic E-state index is 6.08. The fourth-order valence-electron chi connectivity index (χ4n) is 3.18. The number of aryl methyl sites for hydroxylation is 1. The summed E-state index contributed by atoms with van der Waals surface area (Å²) in [6.07, 6.45) is 2.10. The maximum Gasteiger partial charge on any atom is 0.145 e. The Morgan fingerprint density at radius 1 is 1.12 bits per heavy atom. The molecule has 1 heterocycles. The van der Waals surface area contributed by atoms with Crippen LogP contribution < -0.4 is 20.1 Å². The number of benzene rings is 2. The zero-order valence-corrected chi connectivity index (χ0v) is 15.4. The van der Waals surface area contributed by atoms with E-state index in [9.17, 15) is 0 Å². The van der Waals surface area contributed by atoms with Crippen molar-refractivity contribution in [3.8, 4) is 11.5 Å². The first-order valence-corrected chi connectivity index (χ1v) is 8.96. The van der Waals surface area contributed by atoms with Crippen LogP contribution in [0.5, 0.6) is 11.5 Å². The first-order chi connectivity index (χ1) is 11.9. The Kier molecular flexibility index (Phi) is 5.07. The lowest BCUT2D eigenvalue weighted by Gasteiger charge is -2.41. The van der Waals surface area contributed by atoms with Crippen molar-refractivity contribution in [1.29, 1.82) is 0 Å². The average Bonchev–Trinajstić information content (AvgIpc) is 2.54. The van der Waals surface area contributed by atoms with Crippen molar-refractivity contribution in [2.45, 2.75) is 39.2 Å². The van der Waals surface area contributed by atoms with Crippen LogP contribution in [0.25, 0.3) is 0 Å². The van der Waals surface area contributed by atoms with Crippen LogP contribution in [-0.4, -0.2) is 25.3 Å². The minimum atomic E-state index is -0.209. The van der Waals surface area contributed by atoms with Crippen LogP contribution in [0.3, 0.4) is 0 Å². The molecular formula is C21H28N2O2. The third-order valence-corrected chi connectivity index (χ3v) is 4.39. The summed E-state index contributed by atoms with van der Waals surface area (Å²) in [6, 6.07) is 14.1. The van der Waals surface area contributed by atoms with Gasteiger partial charge in [-0.1, -0.05) is 17.7 Å². The molecule has 0 bridgehead atoms. The predicted molar refractivity (Wildman–Crippen MR) is 104 cm³/mol. The zero-order valence-electron chi connectivity index (χ0n) is 15.4. The van der Waals surface area contributed by atoms with Gasteiger partial charge in [0.2, 0.25) is 0 Å². The molecule has 0 unspecified atom stereocenters. The van der Waals surface area contributed by atoms with Gasteiger partial charge in [0, 0.05) is 18.3 Å². The van der Waals surface area contributed by atoms with Gasteiger partial charge in [0.15, 0.2) is 0 Å². The van der Waals surface area contributed by atoms with E-state index in [1.807, 2.05) is 24.3 Å². The van der Waals surface area contributed by atoms with Crippen LogP contribution in [0.4, 0.5) is 11.4 Å². The quantitative estimate of drug-likeness (QED) is 0.625. The summed E-state index contributed by atoms with van der Waals surface area (Å²) in [4.78, 5) is 2.39. The molecule has 1 aliphatic rings. The molecule has 2 N–H and O–H groups in total. The Bertz CT molecular complexity index is 710. The second-order valence-corrected chi connectivity index (χ2v) is 7.38. The number of ether oxygens (including phenoxy) is 2. The van der Waals surface area contributed by atoms with E-state index in [-0.39, 0.29) is 5.60 Å². The second-order valence-electron chi connectivity index (χ2n) is 7.38.